The molecule has 9 nitrogen and oxygen atoms in total. The van der Waals surface area contributed by atoms with Gasteiger partial charge in [0.15, 0.2) is 0 Å². The van der Waals surface area contributed by atoms with Gasteiger partial charge in [-0.05, 0) is 18.6 Å². The minimum absolute atomic E-state index is 0.0607. The predicted octanol–water partition coefficient (Wildman–Crippen LogP) is 1.80. The van der Waals surface area contributed by atoms with Crippen molar-refractivity contribution in [3.05, 3.63) is 71.2 Å². The highest BCUT2D eigenvalue weighted by molar-refractivity contribution is 5.59. The second-order valence-corrected chi connectivity index (χ2v) is 7.60. The fraction of sp³-hybridized carbons (Fsp3) is 0.350. The second kappa shape index (κ2) is 6.26. The van der Waals surface area contributed by atoms with E-state index >= 15 is 0 Å². The van der Waals surface area contributed by atoms with Gasteiger partial charge in [-0.1, -0.05) is 0 Å². The highest BCUT2D eigenvalue weighted by Gasteiger charge is 2.38. The lowest BCUT2D eigenvalue weighted by atomic mass is 9.89. The van der Waals surface area contributed by atoms with Crippen LogP contribution >= 0.6 is 0 Å². The van der Waals surface area contributed by atoms with Crippen LogP contribution in [0.1, 0.15) is 42.9 Å². The van der Waals surface area contributed by atoms with Crippen LogP contribution in [0.15, 0.2) is 54.0 Å². The quantitative estimate of drug-likeness (QED) is 0.529. The fourth-order valence-electron chi connectivity index (χ4n) is 4.35. The number of rotatable bonds is 4. The van der Waals surface area contributed by atoms with Gasteiger partial charge in [0.05, 0.1) is 30.2 Å². The topological polar surface area (TPSA) is 92.1 Å². The Balaban J connectivity index is 1.20. The smallest absolute Gasteiger partial charge is 0.346 e. The first-order chi connectivity index (χ1) is 14.3. The molecular weight excluding hydrogens is 370 g/mol. The Labute approximate surface area is 165 Å². The lowest BCUT2D eigenvalue weighted by molar-refractivity contribution is 0.0632. The molecule has 0 bridgehead atoms. The molecule has 0 N–H and O–H groups in total. The van der Waals surface area contributed by atoms with Gasteiger partial charge in [0, 0.05) is 43.9 Å². The van der Waals surface area contributed by atoms with E-state index in [1.54, 1.807) is 38.6 Å². The van der Waals surface area contributed by atoms with Crippen LogP contribution < -0.4 is 10.4 Å². The first kappa shape index (κ1) is 16.5. The molecule has 2 aliphatic rings. The fourth-order valence-corrected chi connectivity index (χ4v) is 4.35. The van der Waals surface area contributed by atoms with E-state index in [4.69, 9.17) is 4.74 Å². The van der Waals surface area contributed by atoms with Gasteiger partial charge in [0.2, 0.25) is 0 Å². The van der Waals surface area contributed by atoms with Crippen molar-refractivity contribution < 1.29 is 4.74 Å². The number of aromatic nitrogens is 7. The van der Waals surface area contributed by atoms with E-state index in [0.29, 0.717) is 0 Å². The Hall–Kier alpha value is -3.49. The van der Waals surface area contributed by atoms with Gasteiger partial charge in [0.1, 0.15) is 23.2 Å². The first-order valence-electron chi connectivity index (χ1n) is 9.83. The molecular formula is C20H19N7O2. The Morgan fingerprint density at radius 3 is 2.93 bits per heavy atom. The van der Waals surface area contributed by atoms with Crippen LogP contribution in [0.2, 0.25) is 0 Å². The summed E-state index contributed by atoms with van der Waals surface area (Å²) < 4.78 is 11.4. The van der Waals surface area contributed by atoms with Crippen LogP contribution in [-0.2, 0) is 6.42 Å². The van der Waals surface area contributed by atoms with Crippen molar-refractivity contribution in [2.24, 2.45) is 0 Å². The largest absolute Gasteiger partial charge is 0.488 e. The molecule has 0 aromatic carbocycles. The van der Waals surface area contributed by atoms with Crippen molar-refractivity contribution in [2.75, 3.05) is 0 Å². The third-order valence-corrected chi connectivity index (χ3v) is 5.89. The predicted molar refractivity (Wildman–Crippen MR) is 103 cm³/mol. The molecule has 4 aromatic rings. The van der Waals surface area contributed by atoms with Crippen LogP contribution in [0.5, 0.6) is 5.75 Å². The standard InChI is InChI=1S/C20H19N7O2/c28-20-26-16(15-12-21-7-8-22-15)3-4-19(26)24-27(20)13-10-14(11-13)29-18-5-6-23-25-9-1-2-17(18)25/h1-2,5-9,12-14,16H,3-4,10-11H2/t13?,14?,16-/m1/s1. The van der Waals surface area contributed by atoms with Crippen LogP contribution in [0.3, 0.4) is 0 Å². The summed E-state index contributed by atoms with van der Waals surface area (Å²) >= 11 is 0. The lowest BCUT2D eigenvalue weighted by Gasteiger charge is -2.34. The second-order valence-electron chi connectivity index (χ2n) is 7.60. The molecule has 1 atom stereocenters. The zero-order valence-electron chi connectivity index (χ0n) is 15.6. The van der Waals surface area contributed by atoms with E-state index in [0.717, 1.165) is 48.5 Å². The average Bonchev–Trinajstić information content (AvgIpc) is 3.42. The molecule has 9 heteroatoms. The summed E-state index contributed by atoms with van der Waals surface area (Å²) in [5, 5.41) is 8.88. The molecule has 29 heavy (non-hydrogen) atoms. The molecule has 146 valence electrons. The van der Waals surface area contributed by atoms with Crippen molar-refractivity contribution in [1.29, 1.82) is 0 Å². The van der Waals surface area contributed by atoms with Crippen LogP contribution in [-0.4, -0.2) is 40.0 Å². The van der Waals surface area contributed by atoms with Gasteiger partial charge >= 0.3 is 5.69 Å². The average molecular weight is 389 g/mol. The van der Waals surface area contributed by atoms with Crippen LogP contribution in [0.4, 0.5) is 0 Å². The van der Waals surface area contributed by atoms with E-state index < -0.39 is 0 Å². The minimum atomic E-state index is -0.0773. The highest BCUT2D eigenvalue weighted by Crippen LogP contribution is 2.36. The van der Waals surface area contributed by atoms with Gasteiger partial charge < -0.3 is 4.74 Å². The van der Waals surface area contributed by atoms with Crippen molar-refractivity contribution in [3.63, 3.8) is 0 Å². The van der Waals surface area contributed by atoms with Crippen molar-refractivity contribution >= 4 is 5.52 Å². The maximum absolute atomic E-state index is 13.0. The number of ether oxygens (including phenoxy) is 1. The molecule has 1 aliphatic heterocycles. The van der Waals surface area contributed by atoms with Gasteiger partial charge in [-0.25, -0.2) is 14.0 Å². The lowest BCUT2D eigenvalue weighted by Crippen LogP contribution is -2.41. The van der Waals surface area contributed by atoms with Crippen molar-refractivity contribution in [3.8, 4) is 5.75 Å². The SMILES string of the molecule is O=c1n(C2CC(Oc3ccnn4cccc34)C2)nc2n1[C@@H](c1cnccn1)CC2. The highest BCUT2D eigenvalue weighted by atomic mass is 16.5. The third-order valence-electron chi connectivity index (χ3n) is 5.89. The third kappa shape index (κ3) is 2.57. The van der Waals surface area contributed by atoms with Crippen LogP contribution in [0, 0.1) is 0 Å². The summed E-state index contributed by atoms with van der Waals surface area (Å²) in [6.45, 7) is 0. The molecule has 0 radical (unpaired) electrons. The number of aryl methyl sites for hydroxylation is 1. The van der Waals surface area contributed by atoms with Gasteiger partial charge in [-0.3, -0.25) is 14.5 Å². The monoisotopic (exact) mass is 389 g/mol. The molecule has 0 spiro atoms. The van der Waals surface area contributed by atoms with E-state index in [2.05, 4.69) is 20.2 Å². The Kier molecular flexibility index (Phi) is 3.56. The molecule has 4 aromatic heterocycles. The summed E-state index contributed by atoms with van der Waals surface area (Å²) in [5.41, 5.74) is 1.70. The molecule has 6 rings (SSSR count). The molecule has 1 aliphatic carbocycles. The molecule has 1 saturated carbocycles. The van der Waals surface area contributed by atoms with E-state index in [1.807, 2.05) is 24.4 Å². The molecule has 0 unspecified atom stereocenters. The maximum Gasteiger partial charge on any atom is 0.346 e. The first-order valence-corrected chi connectivity index (χ1v) is 9.83. The minimum Gasteiger partial charge on any atom is -0.488 e. The number of hydrogen-bond donors (Lipinski definition) is 0. The van der Waals surface area contributed by atoms with Crippen molar-refractivity contribution in [2.45, 2.75) is 43.9 Å². The van der Waals surface area contributed by atoms with E-state index in [9.17, 15) is 4.79 Å². The zero-order valence-corrected chi connectivity index (χ0v) is 15.6. The summed E-state index contributed by atoms with van der Waals surface area (Å²) in [6.07, 6.45) is 11.9. The van der Waals surface area contributed by atoms with Crippen molar-refractivity contribution in [1.82, 2.24) is 33.9 Å². The normalized spacial score (nSPS) is 23.1. The Morgan fingerprint density at radius 1 is 1.14 bits per heavy atom. The Bertz CT molecular complexity index is 1240. The van der Waals surface area contributed by atoms with E-state index in [-0.39, 0.29) is 23.9 Å². The maximum atomic E-state index is 13.0. The number of nitrogens with zero attached hydrogens (tertiary/aromatic N) is 7. The molecule has 0 saturated heterocycles. The summed E-state index contributed by atoms with van der Waals surface area (Å²) in [5.74, 6) is 1.65. The molecule has 0 amide bonds. The summed E-state index contributed by atoms with van der Waals surface area (Å²) in [6, 6.07) is 5.80. The summed E-state index contributed by atoms with van der Waals surface area (Å²) in [7, 11) is 0. The summed E-state index contributed by atoms with van der Waals surface area (Å²) in [4.78, 5) is 21.6. The van der Waals surface area contributed by atoms with E-state index in [1.165, 1.54) is 0 Å². The van der Waals surface area contributed by atoms with Crippen LogP contribution in [0.25, 0.3) is 5.52 Å². The molecule has 5 heterocycles. The van der Waals surface area contributed by atoms with Gasteiger partial charge in [-0.2, -0.15) is 10.2 Å². The van der Waals surface area contributed by atoms with Gasteiger partial charge in [0.25, 0.3) is 0 Å². The number of hydrogen-bond acceptors (Lipinski definition) is 6. The number of fused-ring (bicyclic) bond motifs is 2. The molecule has 1 fully saturated rings. The van der Waals surface area contributed by atoms with Gasteiger partial charge in [-0.15, -0.1) is 0 Å². The zero-order chi connectivity index (χ0) is 19.4. The Morgan fingerprint density at radius 2 is 2.07 bits per heavy atom.